The highest BCUT2D eigenvalue weighted by Crippen LogP contribution is 2.36. The van der Waals surface area contributed by atoms with Crippen LogP contribution in [-0.4, -0.2) is 65.8 Å². The average Bonchev–Trinajstić information content (AvgIpc) is 3.32. The van der Waals surface area contributed by atoms with Gasteiger partial charge < -0.3 is 14.2 Å². The Balaban J connectivity index is 1.88. The van der Waals surface area contributed by atoms with Crippen LogP contribution < -0.4 is 14.2 Å². The first-order valence-corrected chi connectivity index (χ1v) is 12.3. The molecule has 0 saturated heterocycles. The molecule has 0 radical (unpaired) electrons. The lowest BCUT2D eigenvalue weighted by molar-refractivity contribution is 0.0705. The van der Waals surface area contributed by atoms with Crippen molar-refractivity contribution in [3.63, 3.8) is 0 Å². The Morgan fingerprint density at radius 3 is 2.35 bits per heavy atom. The first-order valence-electron chi connectivity index (χ1n) is 11.2. The summed E-state index contributed by atoms with van der Waals surface area (Å²) in [5, 5.41) is 8.90. The zero-order chi connectivity index (χ0) is 26.4. The van der Waals surface area contributed by atoms with Crippen LogP contribution in [0.3, 0.4) is 0 Å². The number of pyridine rings is 1. The van der Waals surface area contributed by atoms with Crippen molar-refractivity contribution in [1.82, 2.24) is 34.4 Å². The fraction of sp³-hybridized carbons (Fsp3) is 0.292. The lowest BCUT2D eigenvalue weighted by Crippen LogP contribution is -2.39. The Bertz CT molecular complexity index is 1330. The van der Waals surface area contributed by atoms with E-state index in [2.05, 4.69) is 29.9 Å². The summed E-state index contributed by atoms with van der Waals surface area (Å²) >= 11 is -2.36. The minimum atomic E-state index is -2.36. The summed E-state index contributed by atoms with van der Waals surface area (Å²) in [6.45, 7) is 1.82. The van der Waals surface area contributed by atoms with E-state index in [1.807, 2.05) is 19.1 Å². The minimum absolute atomic E-state index is 0.120. The quantitative estimate of drug-likeness (QED) is 0.280. The second-order valence-electron chi connectivity index (χ2n) is 7.94. The molecule has 0 saturated carbocycles. The van der Waals surface area contributed by atoms with Gasteiger partial charge in [0, 0.05) is 37.7 Å². The normalized spacial score (nSPS) is 13.6. The Morgan fingerprint density at radius 2 is 1.78 bits per heavy atom. The molecular weight excluding hydrogens is 498 g/mol. The number of nitrogens with zero attached hydrogens (tertiary/aromatic N) is 6. The van der Waals surface area contributed by atoms with Gasteiger partial charge in [0.25, 0.3) is 0 Å². The molecule has 4 aromatic rings. The molecule has 0 bridgehead atoms. The van der Waals surface area contributed by atoms with Crippen molar-refractivity contribution < 1.29 is 23.0 Å². The summed E-state index contributed by atoms with van der Waals surface area (Å²) in [4.78, 5) is 12.9. The van der Waals surface area contributed by atoms with Crippen LogP contribution in [0.25, 0.3) is 17.1 Å². The second kappa shape index (κ2) is 12.0. The van der Waals surface area contributed by atoms with E-state index < -0.39 is 23.4 Å². The Labute approximate surface area is 216 Å². The van der Waals surface area contributed by atoms with Crippen LogP contribution in [0.1, 0.15) is 23.3 Å². The van der Waals surface area contributed by atoms with Crippen LogP contribution in [0.15, 0.2) is 55.1 Å². The number of aromatic nitrogens is 6. The molecule has 37 heavy (non-hydrogen) atoms. The highest BCUT2D eigenvalue weighted by molar-refractivity contribution is 7.77. The monoisotopic (exact) mass is 525 g/mol. The molecule has 1 unspecified atom stereocenters. The fourth-order valence-corrected chi connectivity index (χ4v) is 4.46. The van der Waals surface area contributed by atoms with Crippen molar-refractivity contribution in [1.29, 1.82) is 0 Å². The smallest absolute Gasteiger partial charge is 0.232 e. The molecule has 0 amide bonds. The van der Waals surface area contributed by atoms with E-state index in [4.69, 9.17) is 14.2 Å². The maximum Gasteiger partial charge on any atom is 0.232 e. The van der Waals surface area contributed by atoms with Gasteiger partial charge in [-0.2, -0.15) is 0 Å². The number of ether oxygens (including phenoxy) is 3. The molecule has 0 aliphatic carbocycles. The molecule has 3 aromatic heterocycles. The van der Waals surface area contributed by atoms with Crippen molar-refractivity contribution in [3.05, 3.63) is 72.3 Å². The molecule has 2 N–H and O–H groups in total. The Morgan fingerprint density at radius 1 is 1.03 bits per heavy atom. The zero-order valence-electron chi connectivity index (χ0n) is 20.7. The van der Waals surface area contributed by atoms with Crippen molar-refractivity contribution in [2.45, 2.75) is 25.5 Å². The first-order chi connectivity index (χ1) is 18.0. The lowest BCUT2D eigenvalue weighted by Gasteiger charge is -2.25. The highest BCUT2D eigenvalue weighted by atomic mass is 32.2. The summed E-state index contributed by atoms with van der Waals surface area (Å²) in [6.07, 6.45) is 5.91. The number of hydrogen-bond donors (Lipinski definition) is 2. The SMILES string of the molecule is COc1cccc(OC)c1-n1c(C[C@@H](NS(=O)O)[C@@H](OC)c2cnc(C)cn2)nnc1-c1cccnc1. The summed E-state index contributed by atoms with van der Waals surface area (Å²) in [5.41, 5.74) is 2.50. The van der Waals surface area contributed by atoms with Crippen LogP contribution in [-0.2, 0) is 22.4 Å². The summed E-state index contributed by atoms with van der Waals surface area (Å²) in [7, 11) is 4.61. The van der Waals surface area contributed by atoms with Gasteiger partial charge in [-0.1, -0.05) is 6.07 Å². The van der Waals surface area contributed by atoms with Gasteiger partial charge in [-0.25, -0.2) is 8.93 Å². The minimum Gasteiger partial charge on any atom is -0.494 e. The van der Waals surface area contributed by atoms with Crippen LogP contribution in [0, 0.1) is 6.92 Å². The van der Waals surface area contributed by atoms with E-state index in [1.165, 1.54) is 7.11 Å². The molecule has 3 atom stereocenters. The zero-order valence-corrected chi connectivity index (χ0v) is 21.5. The molecule has 0 spiro atoms. The molecule has 4 rings (SSSR count). The predicted molar refractivity (Wildman–Crippen MR) is 136 cm³/mol. The van der Waals surface area contributed by atoms with Gasteiger partial charge in [-0.15, -0.1) is 10.2 Å². The molecule has 0 fully saturated rings. The van der Waals surface area contributed by atoms with Gasteiger partial charge in [0.15, 0.2) is 5.82 Å². The maximum absolute atomic E-state index is 11.9. The summed E-state index contributed by atoms with van der Waals surface area (Å²) in [6, 6.07) is 8.32. The van der Waals surface area contributed by atoms with Gasteiger partial charge in [-0.3, -0.25) is 24.1 Å². The molecule has 194 valence electrons. The summed E-state index contributed by atoms with van der Waals surface area (Å²) < 4.78 is 43.1. The third kappa shape index (κ3) is 5.80. The van der Waals surface area contributed by atoms with Crippen molar-refractivity contribution in [2.75, 3.05) is 21.3 Å². The van der Waals surface area contributed by atoms with Gasteiger partial charge in [0.2, 0.25) is 11.3 Å². The molecule has 1 aromatic carbocycles. The van der Waals surface area contributed by atoms with Crippen LogP contribution in [0.5, 0.6) is 11.5 Å². The van der Waals surface area contributed by atoms with Crippen molar-refractivity contribution >= 4 is 11.3 Å². The third-order valence-corrected chi connectivity index (χ3v) is 6.15. The molecule has 3 heterocycles. The number of methoxy groups -OCH3 is 3. The van der Waals surface area contributed by atoms with Gasteiger partial charge in [-0.05, 0) is 31.2 Å². The number of benzene rings is 1. The Hall–Kier alpha value is -3.78. The molecular formula is C24H27N7O5S. The van der Waals surface area contributed by atoms with E-state index in [0.29, 0.717) is 40.1 Å². The molecule has 12 nitrogen and oxygen atoms in total. The number of rotatable bonds is 11. The van der Waals surface area contributed by atoms with E-state index in [1.54, 1.807) is 61.8 Å². The maximum atomic E-state index is 11.9. The average molecular weight is 526 g/mol. The van der Waals surface area contributed by atoms with Crippen molar-refractivity contribution in [3.8, 4) is 28.6 Å². The number of aryl methyl sites for hydroxylation is 1. The van der Waals surface area contributed by atoms with Crippen LogP contribution in [0.4, 0.5) is 0 Å². The predicted octanol–water partition coefficient (Wildman–Crippen LogP) is 2.47. The number of nitrogens with one attached hydrogen (secondary N) is 1. The van der Waals surface area contributed by atoms with Gasteiger partial charge in [0.05, 0.1) is 37.8 Å². The van der Waals surface area contributed by atoms with Crippen LogP contribution in [0.2, 0.25) is 0 Å². The van der Waals surface area contributed by atoms with Gasteiger partial charge >= 0.3 is 0 Å². The third-order valence-electron chi connectivity index (χ3n) is 5.64. The summed E-state index contributed by atoms with van der Waals surface area (Å²) in [5.74, 6) is 1.98. The highest BCUT2D eigenvalue weighted by Gasteiger charge is 2.31. The lowest BCUT2D eigenvalue weighted by atomic mass is 10.0. The first kappa shape index (κ1) is 26.3. The van der Waals surface area contributed by atoms with Gasteiger partial charge in [0.1, 0.15) is 29.1 Å². The van der Waals surface area contributed by atoms with E-state index >= 15 is 0 Å². The number of para-hydroxylation sites is 1. The van der Waals surface area contributed by atoms with E-state index in [-0.39, 0.29) is 6.42 Å². The Kier molecular flexibility index (Phi) is 8.50. The van der Waals surface area contributed by atoms with Crippen LogP contribution >= 0.6 is 0 Å². The molecule has 13 heteroatoms. The largest absolute Gasteiger partial charge is 0.494 e. The topological polar surface area (TPSA) is 146 Å². The van der Waals surface area contributed by atoms with Crippen molar-refractivity contribution in [2.24, 2.45) is 0 Å². The second-order valence-corrected chi connectivity index (χ2v) is 8.68. The fourth-order valence-electron chi connectivity index (χ4n) is 4.00. The number of hydrogen-bond acceptors (Lipinski definition) is 9. The molecule has 0 aliphatic rings. The standard InChI is InChI=1S/C24H27N7O5S/c1-15-12-27-18(14-26-15)23(36-4)17(30-37(32)33)11-21-28-29-24(16-7-6-10-25-13-16)31(21)22-19(34-2)8-5-9-20(22)35-3/h5-10,12-14,17,23,30H,11H2,1-4H3,(H,32,33)/t17-,23-/m1/s1. The van der Waals surface area contributed by atoms with E-state index in [0.717, 1.165) is 5.69 Å². The molecule has 0 aliphatic heterocycles. The van der Waals surface area contributed by atoms with E-state index in [9.17, 15) is 8.76 Å².